The number of aromatic nitrogens is 2. The molecule has 0 aliphatic heterocycles. The number of hydrogen-bond donors (Lipinski definition) is 2. The molecule has 0 aromatic carbocycles. The van der Waals surface area contributed by atoms with Crippen LogP contribution in [0.1, 0.15) is 23.8 Å². The fraction of sp³-hybridized carbons (Fsp3) is 0.500. The molecular formula is C10H15N3O3. The summed E-state index contributed by atoms with van der Waals surface area (Å²) in [5, 5.41) is 15.2. The van der Waals surface area contributed by atoms with Crippen molar-refractivity contribution >= 4 is 11.9 Å². The van der Waals surface area contributed by atoms with Crippen LogP contribution < -0.4 is 5.32 Å². The van der Waals surface area contributed by atoms with Crippen molar-refractivity contribution in [3.63, 3.8) is 0 Å². The van der Waals surface area contributed by atoms with Crippen LogP contribution in [0.5, 0.6) is 0 Å². The van der Waals surface area contributed by atoms with Crippen LogP contribution in [0, 0.1) is 5.92 Å². The fourth-order valence-corrected chi connectivity index (χ4v) is 1.31. The first kappa shape index (κ1) is 12.2. The molecule has 0 saturated carbocycles. The first-order chi connectivity index (χ1) is 7.56. The highest BCUT2D eigenvalue weighted by Crippen LogP contribution is 2.02. The lowest BCUT2D eigenvalue weighted by Crippen LogP contribution is -2.33. The molecule has 0 bridgehead atoms. The first-order valence-electron chi connectivity index (χ1n) is 5.05. The number of aryl methyl sites for hydroxylation is 1. The highest BCUT2D eigenvalue weighted by Gasteiger charge is 2.17. The summed E-state index contributed by atoms with van der Waals surface area (Å²) >= 11 is 0. The molecule has 6 heteroatoms. The summed E-state index contributed by atoms with van der Waals surface area (Å²) < 4.78 is 1.44. The van der Waals surface area contributed by atoms with Crippen molar-refractivity contribution in [1.29, 1.82) is 0 Å². The van der Waals surface area contributed by atoms with E-state index in [2.05, 4.69) is 10.4 Å². The van der Waals surface area contributed by atoms with Gasteiger partial charge in [0.05, 0.1) is 5.92 Å². The van der Waals surface area contributed by atoms with Gasteiger partial charge in [0.15, 0.2) is 0 Å². The maximum Gasteiger partial charge on any atom is 0.308 e. The molecule has 88 valence electrons. The van der Waals surface area contributed by atoms with Crippen molar-refractivity contribution in [2.24, 2.45) is 13.0 Å². The SMILES string of the molecule is CCC(CNC(=O)c1ccnn1C)C(=O)O. The summed E-state index contributed by atoms with van der Waals surface area (Å²) in [6, 6.07) is 1.58. The van der Waals surface area contributed by atoms with Gasteiger partial charge in [0.25, 0.3) is 5.91 Å². The van der Waals surface area contributed by atoms with Crippen molar-refractivity contribution in [3.05, 3.63) is 18.0 Å². The van der Waals surface area contributed by atoms with E-state index in [0.29, 0.717) is 12.1 Å². The minimum atomic E-state index is -0.896. The van der Waals surface area contributed by atoms with Crippen molar-refractivity contribution in [2.45, 2.75) is 13.3 Å². The predicted molar refractivity (Wildman–Crippen MR) is 57.0 cm³/mol. The smallest absolute Gasteiger partial charge is 0.308 e. The quantitative estimate of drug-likeness (QED) is 0.752. The van der Waals surface area contributed by atoms with E-state index in [0.717, 1.165) is 0 Å². The summed E-state index contributed by atoms with van der Waals surface area (Å²) in [4.78, 5) is 22.3. The molecule has 2 N–H and O–H groups in total. The largest absolute Gasteiger partial charge is 0.481 e. The summed E-state index contributed by atoms with van der Waals surface area (Å²) in [6.07, 6.45) is 2.00. The second-order valence-electron chi connectivity index (χ2n) is 3.49. The number of nitrogens with one attached hydrogen (secondary N) is 1. The number of hydrogen-bond acceptors (Lipinski definition) is 3. The molecule has 1 aromatic rings. The highest BCUT2D eigenvalue weighted by molar-refractivity contribution is 5.92. The Morgan fingerprint density at radius 2 is 2.31 bits per heavy atom. The van der Waals surface area contributed by atoms with Crippen LogP contribution in [-0.4, -0.2) is 33.3 Å². The van der Waals surface area contributed by atoms with Gasteiger partial charge in [-0.05, 0) is 12.5 Å². The second kappa shape index (κ2) is 5.29. The van der Waals surface area contributed by atoms with E-state index in [1.54, 1.807) is 20.0 Å². The lowest BCUT2D eigenvalue weighted by atomic mass is 10.1. The zero-order chi connectivity index (χ0) is 12.1. The molecular weight excluding hydrogens is 210 g/mol. The molecule has 0 aliphatic rings. The molecule has 1 aromatic heterocycles. The first-order valence-corrected chi connectivity index (χ1v) is 5.05. The average Bonchev–Trinajstić information content (AvgIpc) is 2.64. The number of amides is 1. The van der Waals surface area contributed by atoms with Crippen LogP contribution in [-0.2, 0) is 11.8 Å². The molecule has 1 atom stereocenters. The van der Waals surface area contributed by atoms with Gasteiger partial charge < -0.3 is 10.4 Å². The lowest BCUT2D eigenvalue weighted by Gasteiger charge is -2.10. The number of carbonyl (C=O) groups is 2. The Morgan fingerprint density at radius 1 is 1.62 bits per heavy atom. The summed E-state index contributed by atoms with van der Waals surface area (Å²) in [5.41, 5.74) is 0.417. The lowest BCUT2D eigenvalue weighted by molar-refractivity contribution is -0.141. The third kappa shape index (κ3) is 2.82. The monoisotopic (exact) mass is 225 g/mol. The number of carboxylic acid groups (broad SMARTS) is 1. The number of rotatable bonds is 5. The predicted octanol–water partition coefficient (Wildman–Crippen LogP) is 0.261. The number of nitrogens with zero attached hydrogens (tertiary/aromatic N) is 2. The van der Waals surface area contributed by atoms with Gasteiger partial charge in [0.1, 0.15) is 5.69 Å². The molecule has 16 heavy (non-hydrogen) atoms. The molecule has 1 rings (SSSR count). The van der Waals surface area contributed by atoms with Gasteiger partial charge in [0, 0.05) is 19.8 Å². The van der Waals surface area contributed by atoms with Crippen LogP contribution in [0.25, 0.3) is 0 Å². The van der Waals surface area contributed by atoms with Crippen LogP contribution in [0.2, 0.25) is 0 Å². The topological polar surface area (TPSA) is 84.2 Å². The van der Waals surface area contributed by atoms with E-state index in [1.807, 2.05) is 0 Å². The number of carbonyl (C=O) groups excluding carboxylic acids is 1. The Labute approximate surface area is 93.3 Å². The maximum atomic E-state index is 11.6. The van der Waals surface area contributed by atoms with Crippen molar-refractivity contribution < 1.29 is 14.7 Å². The summed E-state index contributed by atoms with van der Waals surface area (Å²) in [7, 11) is 1.66. The van der Waals surface area contributed by atoms with Crippen molar-refractivity contribution in [1.82, 2.24) is 15.1 Å². The van der Waals surface area contributed by atoms with Crippen LogP contribution in [0.15, 0.2) is 12.3 Å². The highest BCUT2D eigenvalue weighted by atomic mass is 16.4. The molecule has 0 spiro atoms. The van der Waals surface area contributed by atoms with E-state index in [9.17, 15) is 9.59 Å². The molecule has 0 saturated heterocycles. The van der Waals surface area contributed by atoms with Gasteiger partial charge in [-0.3, -0.25) is 14.3 Å². The Bertz CT molecular complexity index is 386. The molecule has 0 radical (unpaired) electrons. The third-order valence-electron chi connectivity index (χ3n) is 2.40. The number of aliphatic carboxylic acids is 1. The van der Waals surface area contributed by atoms with Crippen molar-refractivity contribution in [2.75, 3.05) is 6.54 Å². The molecule has 0 aliphatic carbocycles. The van der Waals surface area contributed by atoms with E-state index in [1.165, 1.54) is 10.9 Å². The van der Waals surface area contributed by atoms with Gasteiger partial charge in [-0.1, -0.05) is 6.92 Å². The van der Waals surface area contributed by atoms with Gasteiger partial charge >= 0.3 is 5.97 Å². The fourth-order valence-electron chi connectivity index (χ4n) is 1.31. The van der Waals surface area contributed by atoms with E-state index >= 15 is 0 Å². The maximum absolute atomic E-state index is 11.6. The zero-order valence-electron chi connectivity index (χ0n) is 9.30. The van der Waals surface area contributed by atoms with Crippen LogP contribution in [0.4, 0.5) is 0 Å². The minimum absolute atomic E-state index is 0.135. The van der Waals surface area contributed by atoms with E-state index < -0.39 is 11.9 Å². The molecule has 1 amide bonds. The number of carboxylic acids is 1. The Balaban J connectivity index is 2.53. The van der Waals surface area contributed by atoms with Gasteiger partial charge in [0.2, 0.25) is 0 Å². The molecule has 1 heterocycles. The Hall–Kier alpha value is -1.85. The minimum Gasteiger partial charge on any atom is -0.481 e. The van der Waals surface area contributed by atoms with Gasteiger partial charge in [-0.15, -0.1) is 0 Å². The average molecular weight is 225 g/mol. The van der Waals surface area contributed by atoms with E-state index in [-0.39, 0.29) is 12.5 Å². The second-order valence-corrected chi connectivity index (χ2v) is 3.49. The third-order valence-corrected chi connectivity index (χ3v) is 2.40. The zero-order valence-corrected chi connectivity index (χ0v) is 9.30. The van der Waals surface area contributed by atoms with Crippen LogP contribution in [0.3, 0.4) is 0 Å². The molecule has 0 fully saturated rings. The molecule has 1 unspecified atom stereocenters. The van der Waals surface area contributed by atoms with Gasteiger partial charge in [-0.2, -0.15) is 5.10 Å². The Kier molecular flexibility index (Phi) is 4.04. The summed E-state index contributed by atoms with van der Waals surface area (Å²) in [5.74, 6) is -1.75. The van der Waals surface area contributed by atoms with E-state index in [4.69, 9.17) is 5.11 Å². The summed E-state index contributed by atoms with van der Waals surface area (Å²) in [6.45, 7) is 1.91. The van der Waals surface area contributed by atoms with Crippen LogP contribution >= 0.6 is 0 Å². The normalized spacial score (nSPS) is 12.1. The Morgan fingerprint density at radius 3 is 2.75 bits per heavy atom. The van der Waals surface area contributed by atoms with Crippen molar-refractivity contribution in [3.8, 4) is 0 Å². The molecule has 6 nitrogen and oxygen atoms in total. The standard InChI is InChI=1S/C10H15N3O3/c1-3-7(10(15)16)6-11-9(14)8-4-5-12-13(8)2/h4-5,7H,3,6H2,1-2H3,(H,11,14)(H,15,16). The van der Waals surface area contributed by atoms with Gasteiger partial charge in [-0.25, -0.2) is 0 Å².